The van der Waals surface area contributed by atoms with E-state index in [2.05, 4.69) is 4.74 Å². The fraction of sp³-hybridized carbons (Fsp3) is 0.214. The molecule has 0 aromatic heterocycles. The lowest BCUT2D eigenvalue weighted by molar-refractivity contribution is -0.274. The number of aliphatic hydroxyl groups is 1. The predicted octanol–water partition coefficient (Wildman–Crippen LogP) is 6.31. The maximum atomic E-state index is 13.3. The van der Waals surface area contributed by atoms with Crippen LogP contribution in [0.4, 0.5) is 18.9 Å². The number of aliphatic hydroxyl groups excluding tert-OH is 1. The van der Waals surface area contributed by atoms with Crippen molar-refractivity contribution in [2.45, 2.75) is 39.3 Å². The van der Waals surface area contributed by atoms with Crippen LogP contribution in [0.1, 0.15) is 36.6 Å². The molecule has 192 valence electrons. The van der Waals surface area contributed by atoms with E-state index >= 15 is 0 Å². The van der Waals surface area contributed by atoms with Gasteiger partial charge in [-0.15, -0.1) is 13.2 Å². The summed E-state index contributed by atoms with van der Waals surface area (Å²) in [5.41, 5.74) is 1.31. The van der Waals surface area contributed by atoms with E-state index in [0.29, 0.717) is 22.4 Å². The van der Waals surface area contributed by atoms with Gasteiger partial charge in [0.25, 0.3) is 11.7 Å². The second-order valence-corrected chi connectivity index (χ2v) is 8.77. The minimum atomic E-state index is -4.94. The molecule has 1 fully saturated rings. The zero-order valence-corrected chi connectivity index (χ0v) is 20.2. The summed E-state index contributed by atoms with van der Waals surface area (Å²) >= 11 is 0. The van der Waals surface area contributed by atoms with Crippen molar-refractivity contribution < 1.29 is 37.3 Å². The predicted molar refractivity (Wildman–Crippen MR) is 131 cm³/mol. The number of aryl methyl sites for hydroxylation is 1. The van der Waals surface area contributed by atoms with Crippen LogP contribution < -0.4 is 14.4 Å². The SMILES string of the molecule is Cc1cc(/C(O)=C2\C(=O)C(=O)N(c3cccc(OC(F)(F)F)c3)C2c2ccccc2)ccc1OC(C)C. The molecule has 9 heteroatoms. The molecule has 1 heterocycles. The van der Waals surface area contributed by atoms with Gasteiger partial charge in [0.05, 0.1) is 17.7 Å². The average molecular weight is 511 g/mol. The summed E-state index contributed by atoms with van der Waals surface area (Å²) in [6.45, 7) is 5.54. The molecule has 1 aliphatic heterocycles. The smallest absolute Gasteiger partial charge is 0.507 e. The monoisotopic (exact) mass is 511 g/mol. The van der Waals surface area contributed by atoms with Crippen LogP contribution >= 0.6 is 0 Å². The number of amides is 1. The molecule has 0 radical (unpaired) electrons. The highest BCUT2D eigenvalue weighted by Gasteiger charge is 2.47. The van der Waals surface area contributed by atoms with Crippen molar-refractivity contribution in [3.05, 3.63) is 95.1 Å². The van der Waals surface area contributed by atoms with E-state index in [9.17, 15) is 27.9 Å². The number of nitrogens with zero attached hydrogens (tertiary/aromatic N) is 1. The first-order chi connectivity index (χ1) is 17.5. The van der Waals surface area contributed by atoms with Gasteiger partial charge in [-0.05, 0) is 62.2 Å². The second kappa shape index (κ2) is 10.0. The molecular weight excluding hydrogens is 487 g/mol. The van der Waals surface area contributed by atoms with Crippen molar-refractivity contribution in [1.29, 1.82) is 0 Å². The average Bonchev–Trinajstić information content (AvgIpc) is 3.10. The highest BCUT2D eigenvalue weighted by atomic mass is 19.4. The number of ether oxygens (including phenoxy) is 2. The Morgan fingerprint density at radius 2 is 1.68 bits per heavy atom. The number of alkyl halides is 3. The van der Waals surface area contributed by atoms with Gasteiger partial charge in [-0.25, -0.2) is 0 Å². The molecule has 0 bridgehead atoms. The number of anilines is 1. The van der Waals surface area contributed by atoms with Gasteiger partial charge in [0.2, 0.25) is 0 Å². The third kappa shape index (κ3) is 5.45. The maximum absolute atomic E-state index is 13.3. The van der Waals surface area contributed by atoms with Gasteiger partial charge >= 0.3 is 6.36 Å². The first-order valence-electron chi connectivity index (χ1n) is 11.5. The lowest BCUT2D eigenvalue weighted by atomic mass is 9.94. The Morgan fingerprint density at radius 1 is 0.973 bits per heavy atom. The van der Waals surface area contributed by atoms with E-state index in [1.54, 1.807) is 55.5 Å². The molecule has 1 aliphatic rings. The molecule has 1 unspecified atom stereocenters. The van der Waals surface area contributed by atoms with E-state index in [-0.39, 0.29) is 17.4 Å². The molecule has 0 aliphatic carbocycles. The van der Waals surface area contributed by atoms with Crippen LogP contribution in [0.3, 0.4) is 0 Å². The minimum absolute atomic E-state index is 0.00798. The Labute approximate surface area is 211 Å². The molecule has 1 amide bonds. The molecule has 3 aromatic rings. The zero-order valence-electron chi connectivity index (χ0n) is 20.2. The molecular formula is C28H24F3NO5. The van der Waals surface area contributed by atoms with E-state index in [1.807, 2.05) is 13.8 Å². The fourth-order valence-electron chi connectivity index (χ4n) is 4.22. The number of Topliss-reactive ketones (excluding diaryl/α,β-unsaturated/α-hetero) is 1. The summed E-state index contributed by atoms with van der Waals surface area (Å²) < 4.78 is 48.2. The van der Waals surface area contributed by atoms with Crippen LogP contribution in [0.2, 0.25) is 0 Å². The quantitative estimate of drug-likeness (QED) is 0.239. The number of rotatable bonds is 6. The Kier molecular flexibility index (Phi) is 6.98. The van der Waals surface area contributed by atoms with Gasteiger partial charge in [0.1, 0.15) is 17.3 Å². The second-order valence-electron chi connectivity index (χ2n) is 8.77. The van der Waals surface area contributed by atoms with E-state index < -0.39 is 35.6 Å². The molecule has 0 spiro atoms. The molecule has 1 atom stereocenters. The molecule has 1 saturated heterocycles. The van der Waals surface area contributed by atoms with Gasteiger partial charge in [-0.3, -0.25) is 14.5 Å². The fourth-order valence-corrected chi connectivity index (χ4v) is 4.22. The summed E-state index contributed by atoms with van der Waals surface area (Å²) in [4.78, 5) is 27.5. The Balaban J connectivity index is 1.85. The van der Waals surface area contributed by atoms with Crippen LogP contribution in [0.15, 0.2) is 78.4 Å². The van der Waals surface area contributed by atoms with Gasteiger partial charge < -0.3 is 14.6 Å². The van der Waals surface area contributed by atoms with Crippen LogP contribution in [-0.4, -0.2) is 29.3 Å². The van der Waals surface area contributed by atoms with E-state index in [4.69, 9.17) is 4.74 Å². The van der Waals surface area contributed by atoms with Crippen LogP contribution in [-0.2, 0) is 9.59 Å². The Bertz CT molecular complexity index is 1370. The summed E-state index contributed by atoms with van der Waals surface area (Å²) in [5.74, 6) is -2.30. The Hall–Kier alpha value is -4.27. The number of halogens is 3. The maximum Gasteiger partial charge on any atom is 0.573 e. The molecule has 1 N–H and O–H groups in total. The number of hydrogen-bond donors (Lipinski definition) is 1. The first kappa shape index (κ1) is 25.8. The lowest BCUT2D eigenvalue weighted by Crippen LogP contribution is -2.29. The van der Waals surface area contributed by atoms with Crippen LogP contribution in [0, 0.1) is 6.92 Å². The topological polar surface area (TPSA) is 76.1 Å². The Morgan fingerprint density at radius 3 is 2.30 bits per heavy atom. The summed E-state index contributed by atoms with van der Waals surface area (Å²) in [5, 5.41) is 11.3. The lowest BCUT2D eigenvalue weighted by Gasteiger charge is -2.26. The van der Waals surface area contributed by atoms with Crippen molar-refractivity contribution in [1.82, 2.24) is 0 Å². The summed E-state index contributed by atoms with van der Waals surface area (Å²) in [6.07, 6.45) is -5.01. The number of carbonyl (C=O) groups is 2. The normalized spacial score (nSPS) is 17.4. The minimum Gasteiger partial charge on any atom is -0.507 e. The number of ketones is 1. The van der Waals surface area contributed by atoms with Gasteiger partial charge in [-0.1, -0.05) is 36.4 Å². The van der Waals surface area contributed by atoms with Crippen molar-refractivity contribution in [3.63, 3.8) is 0 Å². The molecule has 37 heavy (non-hydrogen) atoms. The highest BCUT2D eigenvalue weighted by Crippen LogP contribution is 2.43. The van der Waals surface area contributed by atoms with Gasteiger partial charge in [-0.2, -0.15) is 0 Å². The summed E-state index contributed by atoms with van der Waals surface area (Å²) in [6, 6.07) is 17.0. The van der Waals surface area contributed by atoms with Gasteiger partial charge in [0, 0.05) is 17.3 Å². The van der Waals surface area contributed by atoms with E-state index in [0.717, 1.165) is 17.0 Å². The van der Waals surface area contributed by atoms with Crippen LogP contribution in [0.5, 0.6) is 11.5 Å². The molecule has 6 nitrogen and oxygen atoms in total. The van der Waals surface area contributed by atoms with Crippen molar-refractivity contribution >= 4 is 23.1 Å². The summed E-state index contributed by atoms with van der Waals surface area (Å²) in [7, 11) is 0. The van der Waals surface area contributed by atoms with Crippen LogP contribution in [0.25, 0.3) is 5.76 Å². The number of benzene rings is 3. The standard InChI is InChI=1S/C28H24F3NO5/c1-16(2)36-22-13-12-19(14-17(22)3)25(33)23-24(18-8-5-4-6-9-18)32(27(35)26(23)34)20-10-7-11-21(15-20)37-28(29,30)31/h4-16,24,33H,1-3H3/b25-23+. The number of hydrogen-bond acceptors (Lipinski definition) is 5. The molecule has 4 rings (SSSR count). The van der Waals surface area contributed by atoms with E-state index in [1.165, 1.54) is 12.1 Å². The largest absolute Gasteiger partial charge is 0.573 e. The zero-order chi connectivity index (χ0) is 26.9. The third-order valence-corrected chi connectivity index (χ3v) is 5.70. The third-order valence-electron chi connectivity index (χ3n) is 5.70. The number of carbonyl (C=O) groups excluding carboxylic acids is 2. The highest BCUT2D eigenvalue weighted by molar-refractivity contribution is 6.51. The van der Waals surface area contributed by atoms with Crippen molar-refractivity contribution in [3.8, 4) is 11.5 Å². The van der Waals surface area contributed by atoms with Gasteiger partial charge in [0.15, 0.2) is 0 Å². The van der Waals surface area contributed by atoms with Crippen molar-refractivity contribution in [2.75, 3.05) is 4.90 Å². The van der Waals surface area contributed by atoms with Crippen molar-refractivity contribution in [2.24, 2.45) is 0 Å². The first-order valence-corrected chi connectivity index (χ1v) is 11.5. The molecule has 0 saturated carbocycles. The molecule has 3 aromatic carbocycles.